The van der Waals surface area contributed by atoms with Crippen molar-refractivity contribution in [3.05, 3.63) is 36.5 Å². The number of esters is 1. The monoisotopic (exact) mass is 1260 g/mol. The maximum Gasteiger partial charge on any atom is 0.306 e. The Labute approximate surface area is 548 Å². The molecule has 1 N–H and O–H groups in total. The molecule has 1 amide bonds. The lowest BCUT2D eigenvalue weighted by molar-refractivity contribution is -0.870. The van der Waals surface area contributed by atoms with Crippen molar-refractivity contribution >= 4 is 19.7 Å². The van der Waals surface area contributed by atoms with E-state index in [9.17, 15) is 19.0 Å². The topological polar surface area (TPSA) is 114 Å². The molecule has 0 aromatic rings. The number of phosphoric acid groups is 1. The zero-order valence-corrected chi connectivity index (χ0v) is 60.6. The number of quaternary nitrogens is 1. The van der Waals surface area contributed by atoms with Crippen molar-refractivity contribution in [2.24, 2.45) is 0 Å². The standard InChI is InChI=1S/C78H151N2O7P/c1-7-10-13-16-19-22-25-28-30-32-34-36-38-40-42-44-46-48-50-52-55-58-61-64-67-70-77(81)79-75(74-86-88(83,84)85-73-72-80(4,5)6)76(69-66-63-60-57-54-27-24-21-18-15-12-9-3)87-78(82)71-68-65-62-59-56-53-51-49-47-45-43-41-39-37-35-33-31-29-26-23-20-17-14-11-8-2/h28-31,66,69,75-76H,7-27,32-65,67-68,70-74H2,1-6H3,(H-,79,81,83,84)/b30-28+,31-29+,69-66+. The first-order valence-electron chi connectivity index (χ1n) is 38.8. The van der Waals surface area contributed by atoms with Crippen molar-refractivity contribution in [2.45, 2.75) is 412 Å². The zero-order chi connectivity index (χ0) is 64.2. The highest BCUT2D eigenvalue weighted by atomic mass is 31.2. The van der Waals surface area contributed by atoms with E-state index in [0.29, 0.717) is 17.4 Å². The molecule has 0 heterocycles. The van der Waals surface area contributed by atoms with Crippen LogP contribution in [0, 0.1) is 0 Å². The molecule has 0 aliphatic rings. The summed E-state index contributed by atoms with van der Waals surface area (Å²) in [5, 5.41) is 3.06. The number of nitrogens with zero attached hydrogens (tertiary/aromatic N) is 1. The summed E-state index contributed by atoms with van der Waals surface area (Å²) < 4.78 is 30.5. The van der Waals surface area contributed by atoms with Gasteiger partial charge in [0.05, 0.1) is 33.8 Å². The van der Waals surface area contributed by atoms with Crippen molar-refractivity contribution in [1.29, 1.82) is 0 Å². The first kappa shape index (κ1) is 86.2. The third kappa shape index (κ3) is 68.6. The second-order valence-corrected chi connectivity index (χ2v) is 29.3. The Bertz CT molecular complexity index is 1600. The zero-order valence-electron chi connectivity index (χ0n) is 59.7. The number of carbonyl (C=O) groups is 2. The fourth-order valence-corrected chi connectivity index (χ4v) is 12.5. The normalized spacial score (nSPS) is 13.6. The van der Waals surface area contributed by atoms with Crippen molar-refractivity contribution in [3.63, 3.8) is 0 Å². The highest BCUT2D eigenvalue weighted by molar-refractivity contribution is 7.45. The Morgan fingerprint density at radius 2 is 0.659 bits per heavy atom. The second kappa shape index (κ2) is 68.1. The number of rotatable bonds is 72. The lowest BCUT2D eigenvalue weighted by Crippen LogP contribution is -2.47. The number of phosphoric ester groups is 1. The molecular formula is C78H151N2O7P. The molecule has 3 unspecified atom stereocenters. The van der Waals surface area contributed by atoms with Crippen LogP contribution in [-0.4, -0.2) is 69.4 Å². The fourth-order valence-electron chi connectivity index (χ4n) is 11.8. The van der Waals surface area contributed by atoms with Gasteiger partial charge in [0.25, 0.3) is 7.82 Å². The number of amides is 1. The van der Waals surface area contributed by atoms with Crippen LogP contribution in [-0.2, 0) is 27.9 Å². The van der Waals surface area contributed by atoms with Gasteiger partial charge in [-0.1, -0.05) is 340 Å². The smallest absolute Gasteiger partial charge is 0.306 e. The summed E-state index contributed by atoms with van der Waals surface area (Å²) in [5.41, 5.74) is 0. The highest BCUT2D eigenvalue weighted by Crippen LogP contribution is 2.38. The van der Waals surface area contributed by atoms with Crippen LogP contribution in [0.3, 0.4) is 0 Å². The molecule has 10 heteroatoms. The Kier molecular flexibility index (Phi) is 66.7. The van der Waals surface area contributed by atoms with E-state index in [1.54, 1.807) is 0 Å². The number of carbonyl (C=O) groups excluding carboxylic acids is 2. The molecule has 0 bridgehead atoms. The van der Waals surface area contributed by atoms with Gasteiger partial charge in [0.2, 0.25) is 5.91 Å². The molecular weight excluding hydrogens is 1110 g/mol. The number of nitrogens with one attached hydrogen (secondary N) is 1. The first-order valence-corrected chi connectivity index (χ1v) is 40.3. The number of ether oxygens (including phenoxy) is 1. The van der Waals surface area contributed by atoms with Crippen molar-refractivity contribution in [1.82, 2.24) is 5.32 Å². The second-order valence-electron chi connectivity index (χ2n) is 27.9. The van der Waals surface area contributed by atoms with Crippen LogP contribution in [0.2, 0.25) is 0 Å². The van der Waals surface area contributed by atoms with Gasteiger partial charge in [-0.2, -0.15) is 0 Å². The molecule has 0 aromatic carbocycles. The summed E-state index contributed by atoms with van der Waals surface area (Å²) in [6, 6.07) is -0.886. The minimum absolute atomic E-state index is 0.0189. The van der Waals surface area contributed by atoms with Crippen LogP contribution in [0.5, 0.6) is 0 Å². The molecule has 9 nitrogen and oxygen atoms in total. The van der Waals surface area contributed by atoms with Gasteiger partial charge in [-0.05, 0) is 83.1 Å². The molecule has 0 fully saturated rings. The van der Waals surface area contributed by atoms with E-state index in [1.165, 1.54) is 308 Å². The largest absolute Gasteiger partial charge is 0.756 e. The molecule has 88 heavy (non-hydrogen) atoms. The van der Waals surface area contributed by atoms with Gasteiger partial charge < -0.3 is 28.5 Å². The van der Waals surface area contributed by atoms with Crippen LogP contribution >= 0.6 is 7.82 Å². The number of hydrogen-bond donors (Lipinski definition) is 1. The number of hydrogen-bond acceptors (Lipinski definition) is 7. The lowest BCUT2D eigenvalue weighted by Gasteiger charge is -2.30. The third-order valence-electron chi connectivity index (χ3n) is 17.8. The van der Waals surface area contributed by atoms with Crippen molar-refractivity contribution in [2.75, 3.05) is 40.9 Å². The van der Waals surface area contributed by atoms with Gasteiger partial charge in [-0.15, -0.1) is 0 Å². The third-order valence-corrected chi connectivity index (χ3v) is 18.8. The van der Waals surface area contributed by atoms with Crippen LogP contribution in [0.25, 0.3) is 0 Å². The van der Waals surface area contributed by atoms with Gasteiger partial charge in [-0.3, -0.25) is 14.2 Å². The summed E-state index contributed by atoms with van der Waals surface area (Å²) in [6.45, 7) is 6.91. The number of likely N-dealkylation sites (N-methyl/N-ethyl adjacent to an activating group) is 1. The molecule has 520 valence electrons. The lowest BCUT2D eigenvalue weighted by atomic mass is 10.0. The van der Waals surface area contributed by atoms with Crippen LogP contribution in [0.4, 0.5) is 0 Å². The Balaban J connectivity index is 4.93. The quantitative estimate of drug-likeness (QED) is 0.0212. The molecule has 0 aliphatic heterocycles. The Hall–Kier alpha value is -1.77. The average molecular weight is 1260 g/mol. The minimum atomic E-state index is -4.70. The van der Waals surface area contributed by atoms with Gasteiger partial charge in [0.15, 0.2) is 0 Å². The maximum atomic E-state index is 13.6. The van der Waals surface area contributed by atoms with E-state index in [1.807, 2.05) is 33.3 Å². The summed E-state index contributed by atoms with van der Waals surface area (Å²) in [7, 11) is 1.21. The van der Waals surface area contributed by atoms with Crippen molar-refractivity contribution in [3.8, 4) is 0 Å². The fraction of sp³-hybridized carbons (Fsp3) is 0.897. The average Bonchev–Trinajstić information content (AvgIpc) is 3.71. The number of allylic oxidation sites excluding steroid dienone is 5. The van der Waals surface area contributed by atoms with Gasteiger partial charge in [0.1, 0.15) is 19.3 Å². The van der Waals surface area contributed by atoms with E-state index >= 15 is 0 Å². The molecule has 0 saturated carbocycles. The predicted octanol–water partition coefficient (Wildman–Crippen LogP) is 24.3. The van der Waals surface area contributed by atoms with Gasteiger partial charge >= 0.3 is 5.97 Å². The molecule has 3 atom stereocenters. The predicted molar refractivity (Wildman–Crippen MR) is 381 cm³/mol. The number of unbranched alkanes of at least 4 members (excludes halogenated alkanes) is 52. The van der Waals surface area contributed by atoms with E-state index in [2.05, 4.69) is 50.4 Å². The van der Waals surface area contributed by atoms with Crippen molar-refractivity contribution < 1.29 is 37.3 Å². The summed E-state index contributed by atoms with van der Waals surface area (Å²) in [4.78, 5) is 40.3. The van der Waals surface area contributed by atoms with Gasteiger partial charge in [0, 0.05) is 12.8 Å². The summed E-state index contributed by atoms with van der Waals surface area (Å²) in [6.07, 6.45) is 85.7. The van der Waals surface area contributed by atoms with E-state index in [-0.39, 0.29) is 31.5 Å². The van der Waals surface area contributed by atoms with Gasteiger partial charge in [-0.25, -0.2) is 0 Å². The van der Waals surface area contributed by atoms with Crippen LogP contribution < -0.4 is 10.2 Å². The summed E-state index contributed by atoms with van der Waals surface area (Å²) in [5.74, 6) is -0.518. The maximum absolute atomic E-state index is 13.6. The SMILES string of the molecule is CCCCCCCC/C=C/CCCCCCCCCCCCCCCCCC(=O)NC(COP(=O)([O-])OCC[N+](C)(C)C)C(/C=C/CCCCCCCCCCCC)OC(=O)CCCCCCCCCCCCCCCCC/C=C/CCCCCCCC. The van der Waals surface area contributed by atoms with Crippen LogP contribution in [0.15, 0.2) is 36.5 Å². The van der Waals surface area contributed by atoms with E-state index < -0.39 is 20.0 Å². The minimum Gasteiger partial charge on any atom is -0.756 e. The van der Waals surface area contributed by atoms with Crippen LogP contribution in [0.1, 0.15) is 400 Å². The first-order chi connectivity index (χ1) is 42.9. The Morgan fingerprint density at radius 3 is 0.966 bits per heavy atom. The van der Waals surface area contributed by atoms with E-state index in [0.717, 1.165) is 57.8 Å². The molecule has 0 rings (SSSR count). The molecule has 0 saturated heterocycles. The summed E-state index contributed by atoms with van der Waals surface area (Å²) >= 11 is 0. The van der Waals surface area contributed by atoms with E-state index in [4.69, 9.17) is 13.8 Å². The molecule has 0 aromatic heterocycles. The molecule has 0 aliphatic carbocycles. The molecule has 0 radical (unpaired) electrons. The molecule has 0 spiro atoms. The highest BCUT2D eigenvalue weighted by Gasteiger charge is 2.27. The Morgan fingerprint density at radius 1 is 0.386 bits per heavy atom.